The van der Waals surface area contributed by atoms with E-state index in [4.69, 9.17) is 10.5 Å². The molecule has 0 radical (unpaired) electrons. The predicted molar refractivity (Wildman–Crippen MR) is 83.8 cm³/mol. The van der Waals surface area contributed by atoms with Crippen molar-refractivity contribution in [3.8, 4) is 11.5 Å². The second kappa shape index (κ2) is 5.13. The number of hydrogen-bond donors (Lipinski definition) is 2. The van der Waals surface area contributed by atoms with Crippen molar-refractivity contribution in [2.75, 3.05) is 11.1 Å². The molecule has 0 bridgehead atoms. The molecule has 0 saturated carbocycles. The summed E-state index contributed by atoms with van der Waals surface area (Å²) in [4.78, 5) is 11.5. The van der Waals surface area contributed by atoms with Crippen LogP contribution in [-0.4, -0.2) is 5.91 Å². The summed E-state index contributed by atoms with van der Waals surface area (Å²) >= 11 is 0. The van der Waals surface area contributed by atoms with Crippen LogP contribution in [0.4, 0.5) is 11.4 Å². The van der Waals surface area contributed by atoms with Crippen LogP contribution in [0.15, 0.2) is 30.3 Å². The third-order valence-electron chi connectivity index (χ3n) is 3.84. The number of rotatable bonds is 2. The number of anilines is 2. The van der Waals surface area contributed by atoms with E-state index < -0.39 is 0 Å². The van der Waals surface area contributed by atoms with Gasteiger partial charge in [0.1, 0.15) is 5.75 Å². The highest BCUT2D eigenvalue weighted by molar-refractivity contribution is 5.94. The first kappa shape index (κ1) is 13.5. The first-order chi connectivity index (χ1) is 10.0. The molecule has 1 amide bonds. The minimum atomic E-state index is 0.0319. The average Bonchev–Trinajstić information content (AvgIpc) is 2.44. The summed E-state index contributed by atoms with van der Waals surface area (Å²) in [6.07, 6.45) is 1.22. The van der Waals surface area contributed by atoms with E-state index in [9.17, 15) is 4.79 Å². The smallest absolute Gasteiger partial charge is 0.224 e. The van der Waals surface area contributed by atoms with E-state index in [0.29, 0.717) is 17.9 Å². The van der Waals surface area contributed by atoms with Crippen molar-refractivity contribution >= 4 is 17.3 Å². The highest BCUT2D eigenvalue weighted by atomic mass is 16.5. The molecule has 3 N–H and O–H groups in total. The van der Waals surface area contributed by atoms with Crippen molar-refractivity contribution < 1.29 is 9.53 Å². The normalized spacial score (nSPS) is 13.5. The van der Waals surface area contributed by atoms with Gasteiger partial charge in [0.05, 0.1) is 5.69 Å². The Morgan fingerprint density at radius 3 is 2.67 bits per heavy atom. The van der Waals surface area contributed by atoms with E-state index in [-0.39, 0.29) is 5.91 Å². The van der Waals surface area contributed by atoms with Crippen molar-refractivity contribution in [2.24, 2.45) is 0 Å². The molecule has 0 saturated heterocycles. The molecule has 1 aliphatic heterocycles. The lowest BCUT2D eigenvalue weighted by Crippen LogP contribution is -2.19. The van der Waals surface area contributed by atoms with Gasteiger partial charge in [0.25, 0.3) is 0 Å². The second-order valence-electron chi connectivity index (χ2n) is 5.44. The van der Waals surface area contributed by atoms with Gasteiger partial charge in [0.15, 0.2) is 5.75 Å². The molecule has 3 rings (SSSR count). The lowest BCUT2D eigenvalue weighted by atomic mass is 10.0. The summed E-state index contributed by atoms with van der Waals surface area (Å²) in [6.45, 7) is 4.10. The fraction of sp³-hybridized carbons (Fsp3) is 0.235. The number of carbonyl (C=O) groups is 1. The van der Waals surface area contributed by atoms with E-state index in [1.165, 1.54) is 5.56 Å². The van der Waals surface area contributed by atoms with Crippen LogP contribution in [0.3, 0.4) is 0 Å². The molecular formula is C17H18N2O2. The van der Waals surface area contributed by atoms with Crippen LogP contribution in [0.5, 0.6) is 11.5 Å². The Labute approximate surface area is 123 Å². The number of fused-ring (bicyclic) bond motifs is 1. The zero-order valence-electron chi connectivity index (χ0n) is 12.2. The first-order valence-corrected chi connectivity index (χ1v) is 7.00. The highest BCUT2D eigenvalue weighted by Gasteiger charge is 2.17. The van der Waals surface area contributed by atoms with E-state index in [1.807, 2.05) is 31.2 Å². The van der Waals surface area contributed by atoms with E-state index in [0.717, 1.165) is 29.0 Å². The first-order valence-electron chi connectivity index (χ1n) is 7.00. The molecule has 0 atom stereocenters. The predicted octanol–water partition coefficient (Wildman–Crippen LogP) is 3.56. The average molecular weight is 282 g/mol. The summed E-state index contributed by atoms with van der Waals surface area (Å²) in [7, 11) is 0. The third kappa shape index (κ3) is 2.70. The fourth-order valence-electron chi connectivity index (χ4n) is 2.42. The number of ether oxygens (including phenoxy) is 1. The number of nitrogen functional groups attached to an aromatic ring is 1. The summed E-state index contributed by atoms with van der Waals surface area (Å²) in [6, 6.07) is 9.59. The molecular weight excluding hydrogens is 264 g/mol. The molecule has 2 aromatic carbocycles. The van der Waals surface area contributed by atoms with Crippen molar-refractivity contribution in [2.45, 2.75) is 26.7 Å². The van der Waals surface area contributed by atoms with Gasteiger partial charge in [-0.1, -0.05) is 6.07 Å². The molecule has 0 aliphatic carbocycles. The molecule has 1 heterocycles. The van der Waals surface area contributed by atoms with Gasteiger partial charge >= 0.3 is 0 Å². The van der Waals surface area contributed by atoms with Gasteiger partial charge in [-0.15, -0.1) is 0 Å². The Morgan fingerprint density at radius 2 is 1.90 bits per heavy atom. The molecule has 1 aliphatic rings. The summed E-state index contributed by atoms with van der Waals surface area (Å²) in [5.41, 5.74) is 10.9. The van der Waals surface area contributed by atoms with Crippen molar-refractivity contribution in [3.05, 3.63) is 47.0 Å². The van der Waals surface area contributed by atoms with Crippen LogP contribution in [0.1, 0.15) is 23.1 Å². The van der Waals surface area contributed by atoms with Gasteiger partial charge in [0.2, 0.25) is 5.91 Å². The number of carbonyl (C=O) groups excluding carboxylic acids is 1. The van der Waals surface area contributed by atoms with E-state index >= 15 is 0 Å². The standard InChI is InChI=1S/C17H18N2O2/c1-10-3-5-13(7-11(10)2)21-16-9-15-12(8-14(16)18)4-6-17(20)19-15/h3,5,7-9H,4,6,18H2,1-2H3,(H,19,20). The maximum absolute atomic E-state index is 11.5. The zero-order valence-corrected chi connectivity index (χ0v) is 12.2. The minimum absolute atomic E-state index is 0.0319. The van der Waals surface area contributed by atoms with Gasteiger partial charge in [-0.05, 0) is 55.2 Å². The van der Waals surface area contributed by atoms with E-state index in [1.54, 1.807) is 6.07 Å². The summed E-state index contributed by atoms with van der Waals surface area (Å²) in [5.74, 6) is 1.34. The minimum Gasteiger partial charge on any atom is -0.455 e. The number of aryl methyl sites for hydroxylation is 3. The van der Waals surface area contributed by atoms with Gasteiger partial charge in [-0.2, -0.15) is 0 Å². The summed E-state index contributed by atoms with van der Waals surface area (Å²) < 4.78 is 5.87. The fourth-order valence-corrected chi connectivity index (χ4v) is 2.42. The number of benzene rings is 2. The van der Waals surface area contributed by atoms with Crippen LogP contribution in [-0.2, 0) is 11.2 Å². The number of hydrogen-bond acceptors (Lipinski definition) is 3. The monoisotopic (exact) mass is 282 g/mol. The molecule has 0 fully saturated rings. The molecule has 4 heteroatoms. The lowest BCUT2D eigenvalue weighted by molar-refractivity contribution is -0.116. The zero-order chi connectivity index (χ0) is 15.0. The van der Waals surface area contributed by atoms with Crippen molar-refractivity contribution in [1.82, 2.24) is 0 Å². The van der Waals surface area contributed by atoms with Gasteiger partial charge in [0, 0.05) is 18.2 Å². The van der Waals surface area contributed by atoms with Gasteiger partial charge in [-0.3, -0.25) is 4.79 Å². The Balaban J connectivity index is 1.93. The number of nitrogens with two attached hydrogens (primary N) is 1. The molecule has 0 spiro atoms. The second-order valence-corrected chi connectivity index (χ2v) is 5.44. The van der Waals surface area contributed by atoms with Crippen LogP contribution in [0, 0.1) is 13.8 Å². The van der Waals surface area contributed by atoms with Crippen LogP contribution < -0.4 is 15.8 Å². The SMILES string of the molecule is Cc1ccc(Oc2cc3c(cc2N)CCC(=O)N3)cc1C. The molecule has 0 unspecified atom stereocenters. The maximum atomic E-state index is 11.5. The Bertz CT molecular complexity index is 723. The van der Waals surface area contributed by atoms with Crippen LogP contribution >= 0.6 is 0 Å². The Morgan fingerprint density at radius 1 is 1.10 bits per heavy atom. The van der Waals surface area contributed by atoms with Crippen molar-refractivity contribution in [1.29, 1.82) is 0 Å². The third-order valence-corrected chi connectivity index (χ3v) is 3.84. The molecule has 108 valence electrons. The Hall–Kier alpha value is -2.49. The highest BCUT2D eigenvalue weighted by Crippen LogP contribution is 2.35. The largest absolute Gasteiger partial charge is 0.455 e. The Kier molecular flexibility index (Phi) is 3.29. The molecule has 0 aromatic heterocycles. The quantitative estimate of drug-likeness (QED) is 0.828. The molecule has 21 heavy (non-hydrogen) atoms. The van der Waals surface area contributed by atoms with Crippen LogP contribution in [0.2, 0.25) is 0 Å². The van der Waals surface area contributed by atoms with Gasteiger partial charge in [-0.25, -0.2) is 0 Å². The topological polar surface area (TPSA) is 64.3 Å². The van der Waals surface area contributed by atoms with Gasteiger partial charge < -0.3 is 15.8 Å². The lowest BCUT2D eigenvalue weighted by Gasteiger charge is -2.19. The van der Waals surface area contributed by atoms with Crippen LogP contribution in [0.25, 0.3) is 0 Å². The number of amides is 1. The summed E-state index contributed by atoms with van der Waals surface area (Å²) in [5, 5.41) is 2.86. The number of nitrogens with one attached hydrogen (secondary N) is 1. The molecule has 4 nitrogen and oxygen atoms in total. The van der Waals surface area contributed by atoms with E-state index in [2.05, 4.69) is 12.2 Å². The molecule has 2 aromatic rings. The maximum Gasteiger partial charge on any atom is 0.224 e. The van der Waals surface area contributed by atoms with Crippen molar-refractivity contribution in [3.63, 3.8) is 0 Å².